The van der Waals surface area contributed by atoms with E-state index in [-0.39, 0.29) is 5.69 Å². The minimum atomic E-state index is -4.55. The summed E-state index contributed by atoms with van der Waals surface area (Å²) in [5.74, 6) is -1.87. The molecule has 2 atom stereocenters. The molecule has 5 nitrogen and oxygen atoms in total. The topological polar surface area (TPSA) is 78.4 Å². The van der Waals surface area contributed by atoms with Crippen molar-refractivity contribution in [3.63, 3.8) is 0 Å². The van der Waals surface area contributed by atoms with E-state index in [0.717, 1.165) is 23.8 Å². The number of aliphatic hydroxyl groups is 1. The number of carbonyl (C=O) groups excluding carboxylic acids is 2. The summed E-state index contributed by atoms with van der Waals surface area (Å²) in [6.45, 7) is 0.946. The normalized spacial score (nSPS) is 13.5. The fourth-order valence-corrected chi connectivity index (χ4v) is 2.39. The van der Waals surface area contributed by atoms with Crippen LogP contribution in [0.2, 0.25) is 0 Å². The maximum Gasteiger partial charge on any atom is 0.416 e. The minimum Gasteiger partial charge on any atom is -0.394 e. The lowest BCUT2D eigenvalue weighted by molar-refractivity contribution is -0.137. The SMILES string of the molecule is CC(C(=O)N[C@@H](CO)C(=O)Nc1cccc(C(F)(F)F)c1)c1ccccc1. The first-order chi connectivity index (χ1) is 12.7. The quantitative estimate of drug-likeness (QED) is 0.721. The van der Waals surface area contributed by atoms with Crippen molar-refractivity contribution >= 4 is 17.5 Å². The van der Waals surface area contributed by atoms with Crippen LogP contribution in [0.1, 0.15) is 24.0 Å². The van der Waals surface area contributed by atoms with Crippen molar-refractivity contribution in [3.05, 3.63) is 65.7 Å². The molecule has 1 unspecified atom stereocenters. The van der Waals surface area contributed by atoms with Crippen LogP contribution in [0.5, 0.6) is 0 Å². The second-order valence-corrected chi connectivity index (χ2v) is 5.94. The highest BCUT2D eigenvalue weighted by atomic mass is 19.4. The second kappa shape index (κ2) is 8.68. The zero-order chi connectivity index (χ0) is 20.0. The van der Waals surface area contributed by atoms with Gasteiger partial charge in [0, 0.05) is 5.69 Å². The van der Waals surface area contributed by atoms with Crippen LogP contribution in [0.4, 0.5) is 18.9 Å². The molecule has 0 fully saturated rings. The van der Waals surface area contributed by atoms with Crippen LogP contribution in [0.25, 0.3) is 0 Å². The Hall–Kier alpha value is -2.87. The van der Waals surface area contributed by atoms with E-state index in [1.54, 1.807) is 37.3 Å². The molecule has 0 radical (unpaired) electrons. The number of hydrogen-bond acceptors (Lipinski definition) is 3. The van der Waals surface area contributed by atoms with Crippen LogP contribution in [0.3, 0.4) is 0 Å². The van der Waals surface area contributed by atoms with Gasteiger partial charge in [0.25, 0.3) is 0 Å². The maximum atomic E-state index is 12.7. The van der Waals surface area contributed by atoms with Gasteiger partial charge in [-0.25, -0.2) is 0 Å². The minimum absolute atomic E-state index is 0.0846. The lowest BCUT2D eigenvalue weighted by Crippen LogP contribution is -2.47. The molecule has 8 heteroatoms. The van der Waals surface area contributed by atoms with Gasteiger partial charge >= 0.3 is 6.18 Å². The van der Waals surface area contributed by atoms with Crippen LogP contribution in [0.15, 0.2) is 54.6 Å². The van der Waals surface area contributed by atoms with E-state index >= 15 is 0 Å². The molecule has 0 aliphatic rings. The molecule has 0 aliphatic carbocycles. The monoisotopic (exact) mass is 380 g/mol. The van der Waals surface area contributed by atoms with Crippen molar-refractivity contribution in [2.75, 3.05) is 11.9 Å². The van der Waals surface area contributed by atoms with Gasteiger partial charge in [-0.1, -0.05) is 36.4 Å². The highest BCUT2D eigenvalue weighted by Gasteiger charge is 2.31. The number of alkyl halides is 3. The third-order valence-electron chi connectivity index (χ3n) is 3.97. The number of benzene rings is 2. The molecular weight excluding hydrogens is 361 g/mol. The Morgan fingerprint density at radius 2 is 1.70 bits per heavy atom. The van der Waals surface area contributed by atoms with Crippen LogP contribution in [0, 0.1) is 0 Å². The van der Waals surface area contributed by atoms with Crippen LogP contribution < -0.4 is 10.6 Å². The average molecular weight is 380 g/mol. The van der Waals surface area contributed by atoms with Crippen molar-refractivity contribution < 1.29 is 27.9 Å². The Morgan fingerprint density at radius 1 is 1.04 bits per heavy atom. The zero-order valence-corrected chi connectivity index (χ0v) is 14.5. The highest BCUT2D eigenvalue weighted by Crippen LogP contribution is 2.30. The largest absolute Gasteiger partial charge is 0.416 e. The Kier molecular flexibility index (Phi) is 6.57. The smallest absolute Gasteiger partial charge is 0.394 e. The summed E-state index contributed by atoms with van der Waals surface area (Å²) in [7, 11) is 0. The van der Waals surface area contributed by atoms with Crippen LogP contribution in [-0.2, 0) is 15.8 Å². The van der Waals surface area contributed by atoms with Crippen LogP contribution >= 0.6 is 0 Å². The summed E-state index contributed by atoms with van der Waals surface area (Å²) < 4.78 is 38.2. The predicted octanol–water partition coefficient (Wildman–Crippen LogP) is 2.92. The van der Waals surface area contributed by atoms with Gasteiger partial charge in [-0.05, 0) is 30.7 Å². The molecule has 0 spiro atoms. The van der Waals surface area contributed by atoms with Gasteiger partial charge in [0.15, 0.2) is 0 Å². The fraction of sp³-hybridized carbons (Fsp3) is 0.263. The molecule has 0 aromatic heterocycles. The van der Waals surface area contributed by atoms with E-state index in [1.165, 1.54) is 6.07 Å². The van der Waals surface area contributed by atoms with Crippen molar-refractivity contribution in [1.82, 2.24) is 5.32 Å². The predicted molar refractivity (Wildman–Crippen MR) is 93.9 cm³/mol. The van der Waals surface area contributed by atoms with Crippen molar-refractivity contribution in [1.29, 1.82) is 0 Å². The first-order valence-corrected chi connectivity index (χ1v) is 8.16. The van der Waals surface area contributed by atoms with Gasteiger partial charge in [-0.15, -0.1) is 0 Å². The Bertz CT molecular complexity index is 794. The zero-order valence-electron chi connectivity index (χ0n) is 14.5. The molecule has 2 amide bonds. The lowest BCUT2D eigenvalue weighted by atomic mass is 10.00. The number of rotatable bonds is 6. The van der Waals surface area contributed by atoms with Crippen molar-refractivity contribution in [3.8, 4) is 0 Å². The van der Waals surface area contributed by atoms with Gasteiger partial charge < -0.3 is 15.7 Å². The summed E-state index contributed by atoms with van der Waals surface area (Å²) >= 11 is 0. The van der Waals surface area contributed by atoms with E-state index in [9.17, 15) is 27.9 Å². The van der Waals surface area contributed by atoms with E-state index in [2.05, 4.69) is 10.6 Å². The Labute approximate surface area is 154 Å². The summed E-state index contributed by atoms with van der Waals surface area (Å²) in [5, 5.41) is 14.1. The molecule has 0 aliphatic heterocycles. The van der Waals surface area contributed by atoms with E-state index in [0.29, 0.717) is 0 Å². The standard InChI is InChI=1S/C19H19F3N2O3/c1-12(13-6-3-2-4-7-13)17(26)24-16(11-25)18(27)23-15-9-5-8-14(10-15)19(20,21)22/h2-10,12,16,25H,11H2,1H3,(H,23,27)(H,24,26)/t12?,16-/m0/s1. The Balaban J connectivity index is 2.04. The second-order valence-electron chi connectivity index (χ2n) is 5.94. The molecule has 0 bridgehead atoms. The summed E-state index contributed by atoms with van der Waals surface area (Å²) in [6, 6.07) is 11.6. The van der Waals surface area contributed by atoms with Gasteiger partial charge in [-0.2, -0.15) is 13.2 Å². The van der Waals surface area contributed by atoms with Crippen molar-refractivity contribution in [2.45, 2.75) is 25.1 Å². The molecule has 0 saturated heterocycles. The number of amides is 2. The van der Waals surface area contributed by atoms with Gasteiger partial charge in [-0.3, -0.25) is 9.59 Å². The van der Waals surface area contributed by atoms with Gasteiger partial charge in [0.2, 0.25) is 11.8 Å². The molecule has 0 heterocycles. The molecule has 144 valence electrons. The molecule has 0 saturated carbocycles. The number of aliphatic hydroxyl groups excluding tert-OH is 1. The lowest BCUT2D eigenvalue weighted by Gasteiger charge is -2.19. The van der Waals surface area contributed by atoms with Crippen LogP contribution in [-0.4, -0.2) is 29.6 Å². The summed E-state index contributed by atoms with van der Waals surface area (Å²) in [6.07, 6.45) is -4.55. The highest BCUT2D eigenvalue weighted by molar-refractivity contribution is 5.98. The van der Waals surface area contributed by atoms with E-state index < -0.39 is 42.1 Å². The summed E-state index contributed by atoms with van der Waals surface area (Å²) in [4.78, 5) is 24.5. The molecule has 27 heavy (non-hydrogen) atoms. The van der Waals surface area contributed by atoms with Crippen molar-refractivity contribution in [2.24, 2.45) is 0 Å². The van der Waals surface area contributed by atoms with E-state index in [4.69, 9.17) is 0 Å². The number of halogens is 3. The number of nitrogens with one attached hydrogen (secondary N) is 2. The third kappa shape index (κ3) is 5.55. The summed E-state index contributed by atoms with van der Waals surface area (Å²) in [5.41, 5.74) is -0.272. The Morgan fingerprint density at radius 3 is 2.30 bits per heavy atom. The first kappa shape index (κ1) is 20.4. The first-order valence-electron chi connectivity index (χ1n) is 8.16. The maximum absolute atomic E-state index is 12.7. The molecule has 3 N–H and O–H groups in total. The van der Waals surface area contributed by atoms with E-state index in [1.807, 2.05) is 0 Å². The number of carbonyl (C=O) groups is 2. The molecular formula is C19H19F3N2O3. The number of anilines is 1. The fourth-order valence-electron chi connectivity index (χ4n) is 2.39. The molecule has 2 aromatic rings. The number of hydrogen-bond donors (Lipinski definition) is 3. The van der Waals surface area contributed by atoms with Gasteiger partial charge in [0.05, 0.1) is 18.1 Å². The average Bonchev–Trinajstić information content (AvgIpc) is 2.65. The third-order valence-corrected chi connectivity index (χ3v) is 3.97. The van der Waals surface area contributed by atoms with Gasteiger partial charge in [0.1, 0.15) is 6.04 Å². The molecule has 2 rings (SSSR count). The molecule has 2 aromatic carbocycles.